The number of aliphatic hydroxyl groups is 1. The molecule has 0 saturated heterocycles. The Morgan fingerprint density at radius 3 is 1.86 bits per heavy atom. The Morgan fingerprint density at radius 2 is 1.50 bits per heavy atom. The van der Waals surface area contributed by atoms with Crippen LogP contribution in [0.2, 0.25) is 0 Å². The predicted molar refractivity (Wildman–Crippen MR) is 57.0 cm³/mol. The van der Waals surface area contributed by atoms with E-state index >= 15 is 0 Å². The standard InChI is InChI=1S/C13H20O/c1-9(14)5-13-6-10-2-11(7-13)4-12(3-10)8-13/h10-12,14H,1-8H2. The van der Waals surface area contributed by atoms with E-state index in [1.165, 1.54) is 38.5 Å². The van der Waals surface area contributed by atoms with Crippen LogP contribution < -0.4 is 0 Å². The molecule has 0 amide bonds. The van der Waals surface area contributed by atoms with Crippen molar-refractivity contribution >= 4 is 0 Å². The Kier molecular flexibility index (Phi) is 1.75. The Bertz CT molecular complexity index is 231. The molecule has 0 unspecified atom stereocenters. The van der Waals surface area contributed by atoms with Crippen molar-refractivity contribution in [2.24, 2.45) is 23.2 Å². The summed E-state index contributed by atoms with van der Waals surface area (Å²) >= 11 is 0. The third-order valence-corrected chi connectivity index (χ3v) is 4.74. The minimum Gasteiger partial charge on any atom is -0.513 e. The summed E-state index contributed by atoms with van der Waals surface area (Å²) in [6.45, 7) is 3.69. The first-order valence-corrected chi connectivity index (χ1v) is 6.02. The van der Waals surface area contributed by atoms with E-state index in [2.05, 4.69) is 6.58 Å². The van der Waals surface area contributed by atoms with Crippen molar-refractivity contribution < 1.29 is 5.11 Å². The van der Waals surface area contributed by atoms with Crippen LogP contribution in [0.5, 0.6) is 0 Å². The largest absolute Gasteiger partial charge is 0.513 e. The van der Waals surface area contributed by atoms with Crippen LogP contribution in [0, 0.1) is 23.2 Å². The van der Waals surface area contributed by atoms with Gasteiger partial charge in [0.1, 0.15) is 0 Å². The number of allylic oxidation sites excluding steroid dienone is 1. The molecule has 0 radical (unpaired) electrons. The fourth-order valence-corrected chi connectivity index (χ4v) is 4.94. The van der Waals surface area contributed by atoms with Gasteiger partial charge in [-0.1, -0.05) is 6.58 Å². The van der Waals surface area contributed by atoms with E-state index in [-0.39, 0.29) is 0 Å². The lowest BCUT2D eigenvalue weighted by atomic mass is 9.49. The molecule has 0 spiro atoms. The van der Waals surface area contributed by atoms with E-state index in [4.69, 9.17) is 0 Å². The van der Waals surface area contributed by atoms with Gasteiger partial charge in [0.25, 0.3) is 0 Å². The Hall–Kier alpha value is -0.460. The molecule has 0 aliphatic heterocycles. The second kappa shape index (κ2) is 2.77. The van der Waals surface area contributed by atoms with Gasteiger partial charge in [-0.2, -0.15) is 0 Å². The molecule has 0 aromatic heterocycles. The minimum absolute atomic E-state index is 0.423. The highest BCUT2D eigenvalue weighted by molar-refractivity contribution is 5.04. The molecule has 4 bridgehead atoms. The van der Waals surface area contributed by atoms with Crippen LogP contribution in [0.4, 0.5) is 0 Å². The molecule has 1 N–H and O–H groups in total. The summed E-state index contributed by atoms with van der Waals surface area (Å²) in [5.74, 6) is 3.38. The van der Waals surface area contributed by atoms with Gasteiger partial charge in [0.15, 0.2) is 0 Å². The fourth-order valence-electron chi connectivity index (χ4n) is 4.94. The minimum atomic E-state index is 0.423. The van der Waals surface area contributed by atoms with E-state index in [1.807, 2.05) is 0 Å². The summed E-state index contributed by atoms with van der Waals surface area (Å²) in [5, 5.41) is 9.42. The van der Waals surface area contributed by atoms with Crippen molar-refractivity contribution in [1.82, 2.24) is 0 Å². The zero-order valence-electron chi connectivity index (χ0n) is 8.84. The first kappa shape index (κ1) is 8.82. The van der Waals surface area contributed by atoms with Crippen molar-refractivity contribution in [3.05, 3.63) is 12.3 Å². The Labute approximate surface area is 86.2 Å². The topological polar surface area (TPSA) is 20.2 Å². The van der Waals surface area contributed by atoms with Crippen LogP contribution in [-0.4, -0.2) is 5.11 Å². The Balaban J connectivity index is 1.83. The van der Waals surface area contributed by atoms with Gasteiger partial charge in [-0.15, -0.1) is 0 Å². The van der Waals surface area contributed by atoms with E-state index < -0.39 is 0 Å². The van der Waals surface area contributed by atoms with Crippen LogP contribution in [0.25, 0.3) is 0 Å². The van der Waals surface area contributed by atoms with Crippen LogP contribution in [0.3, 0.4) is 0 Å². The van der Waals surface area contributed by atoms with Crippen molar-refractivity contribution in [3.63, 3.8) is 0 Å². The van der Waals surface area contributed by atoms with Crippen LogP contribution in [0.15, 0.2) is 12.3 Å². The van der Waals surface area contributed by atoms with Crippen molar-refractivity contribution in [2.75, 3.05) is 0 Å². The second-order valence-corrected chi connectivity index (χ2v) is 6.16. The van der Waals surface area contributed by atoms with Crippen molar-refractivity contribution in [2.45, 2.75) is 44.9 Å². The molecule has 0 heterocycles. The summed E-state index contributed by atoms with van der Waals surface area (Å²) in [6.07, 6.45) is 9.46. The maximum atomic E-state index is 9.42. The smallest absolute Gasteiger partial charge is 0.0856 e. The lowest BCUT2D eigenvalue weighted by Gasteiger charge is -2.56. The van der Waals surface area contributed by atoms with E-state index in [0.29, 0.717) is 11.2 Å². The first-order valence-electron chi connectivity index (χ1n) is 6.02. The average molecular weight is 192 g/mol. The fraction of sp³-hybridized carbons (Fsp3) is 0.846. The summed E-state index contributed by atoms with van der Waals surface area (Å²) in [7, 11) is 0. The lowest BCUT2D eigenvalue weighted by Crippen LogP contribution is -2.46. The van der Waals surface area contributed by atoms with Gasteiger partial charge in [0.2, 0.25) is 0 Å². The van der Waals surface area contributed by atoms with Gasteiger partial charge in [0, 0.05) is 6.42 Å². The number of aliphatic hydroxyl groups excluding tert-OH is 1. The number of hydrogen-bond donors (Lipinski definition) is 1. The molecule has 0 atom stereocenters. The molecule has 14 heavy (non-hydrogen) atoms. The molecule has 4 fully saturated rings. The molecule has 0 aromatic rings. The normalized spacial score (nSPS) is 49.6. The van der Waals surface area contributed by atoms with Gasteiger partial charge in [-0.25, -0.2) is 0 Å². The van der Waals surface area contributed by atoms with Gasteiger partial charge in [-0.05, 0) is 61.7 Å². The highest BCUT2D eigenvalue weighted by Gasteiger charge is 2.50. The molecule has 4 aliphatic carbocycles. The summed E-state index contributed by atoms with van der Waals surface area (Å²) in [4.78, 5) is 0. The van der Waals surface area contributed by atoms with Crippen LogP contribution in [0.1, 0.15) is 44.9 Å². The van der Waals surface area contributed by atoms with Gasteiger partial charge in [0.05, 0.1) is 5.76 Å². The van der Waals surface area contributed by atoms with E-state index in [1.54, 1.807) is 0 Å². The van der Waals surface area contributed by atoms with Gasteiger partial charge >= 0.3 is 0 Å². The maximum absolute atomic E-state index is 9.42. The molecule has 0 aromatic carbocycles. The summed E-state index contributed by atoms with van der Waals surface area (Å²) in [5.41, 5.74) is 0.473. The molecular formula is C13H20O. The zero-order valence-corrected chi connectivity index (χ0v) is 8.84. The van der Waals surface area contributed by atoms with Crippen molar-refractivity contribution in [3.8, 4) is 0 Å². The number of hydrogen-bond acceptors (Lipinski definition) is 1. The molecule has 78 valence electrons. The first-order chi connectivity index (χ1) is 6.65. The molecule has 4 aliphatic rings. The summed E-state index contributed by atoms with van der Waals surface area (Å²) < 4.78 is 0. The zero-order chi connectivity index (χ0) is 9.76. The predicted octanol–water partition coefficient (Wildman–Crippen LogP) is 3.66. The molecule has 4 saturated carbocycles. The SMILES string of the molecule is C=C(O)CC12CC3CC(CC(C3)C1)C2. The van der Waals surface area contributed by atoms with Gasteiger partial charge < -0.3 is 5.11 Å². The molecule has 1 nitrogen and oxygen atoms in total. The van der Waals surface area contributed by atoms with E-state index in [9.17, 15) is 5.11 Å². The van der Waals surface area contributed by atoms with E-state index in [0.717, 1.165) is 24.2 Å². The monoisotopic (exact) mass is 192 g/mol. The maximum Gasteiger partial charge on any atom is 0.0856 e. The van der Waals surface area contributed by atoms with Crippen LogP contribution >= 0.6 is 0 Å². The van der Waals surface area contributed by atoms with Gasteiger partial charge in [-0.3, -0.25) is 0 Å². The Morgan fingerprint density at radius 1 is 1.07 bits per heavy atom. The third kappa shape index (κ3) is 1.29. The van der Waals surface area contributed by atoms with Crippen molar-refractivity contribution in [1.29, 1.82) is 0 Å². The highest BCUT2D eigenvalue weighted by atomic mass is 16.3. The average Bonchev–Trinajstić information content (AvgIpc) is 1.96. The van der Waals surface area contributed by atoms with Crippen LogP contribution in [-0.2, 0) is 0 Å². The molecule has 1 heteroatoms. The molecular weight excluding hydrogens is 172 g/mol. The quantitative estimate of drug-likeness (QED) is 0.662. The molecule has 4 rings (SSSR count). The lowest BCUT2D eigenvalue weighted by molar-refractivity contribution is -0.0563. The third-order valence-electron chi connectivity index (χ3n) is 4.74. The number of rotatable bonds is 2. The summed E-state index contributed by atoms with van der Waals surface area (Å²) in [6, 6.07) is 0. The second-order valence-electron chi connectivity index (χ2n) is 6.16. The highest BCUT2D eigenvalue weighted by Crippen LogP contribution is 2.61.